The molecule has 1 aliphatic rings. The van der Waals surface area contributed by atoms with Crippen LogP contribution in [0.4, 0.5) is 4.79 Å². The third kappa shape index (κ3) is 7.69. The van der Waals surface area contributed by atoms with E-state index in [1.807, 2.05) is 79.8 Å². The minimum absolute atomic E-state index is 0.122. The van der Waals surface area contributed by atoms with Gasteiger partial charge in [-0.05, 0) is 86.7 Å². The first-order chi connectivity index (χ1) is 19.4. The van der Waals surface area contributed by atoms with E-state index in [-0.39, 0.29) is 42.1 Å². The van der Waals surface area contributed by atoms with E-state index in [4.69, 9.17) is 4.74 Å². The Morgan fingerprint density at radius 1 is 1.05 bits per heavy atom. The van der Waals surface area contributed by atoms with Gasteiger partial charge >= 0.3 is 6.09 Å². The van der Waals surface area contributed by atoms with E-state index in [0.717, 1.165) is 11.1 Å². The fraction of sp³-hybridized carbons (Fsp3) is 0.406. The number of amides is 1. The highest BCUT2D eigenvalue weighted by molar-refractivity contribution is 14.1. The summed E-state index contributed by atoms with van der Waals surface area (Å²) in [5.74, 6) is -1.67. The molecule has 8 nitrogen and oxygen atoms in total. The van der Waals surface area contributed by atoms with E-state index >= 15 is 0 Å². The molecule has 0 bridgehead atoms. The van der Waals surface area contributed by atoms with Crippen LogP contribution < -0.4 is 5.56 Å². The minimum atomic E-state index is -0.910. The topological polar surface area (TPSA) is 98.6 Å². The number of carbonyl (C=O) groups is 3. The maximum absolute atomic E-state index is 14.3. The second-order valence-electron chi connectivity index (χ2n) is 11.5. The molecule has 0 radical (unpaired) electrons. The number of hydrogen-bond donors (Lipinski definition) is 0. The highest BCUT2D eigenvalue weighted by Crippen LogP contribution is 2.29. The van der Waals surface area contributed by atoms with Crippen molar-refractivity contribution in [2.75, 3.05) is 13.1 Å². The molecule has 216 valence electrons. The van der Waals surface area contributed by atoms with Crippen molar-refractivity contribution in [1.29, 1.82) is 0 Å². The van der Waals surface area contributed by atoms with Gasteiger partial charge in [0.05, 0.1) is 18.0 Å². The number of ether oxygens (including phenoxy) is 1. The Bertz CT molecular complexity index is 1460. The summed E-state index contributed by atoms with van der Waals surface area (Å²) in [6.45, 7) is 8.29. The largest absolute Gasteiger partial charge is 0.444 e. The number of carbonyl (C=O) groups excluding carboxylic acids is 3. The molecule has 1 aliphatic heterocycles. The lowest BCUT2D eigenvalue weighted by Crippen LogP contribution is -2.44. The summed E-state index contributed by atoms with van der Waals surface area (Å²) in [5, 5.41) is 0. The number of hydrogen-bond acceptors (Lipinski definition) is 6. The van der Waals surface area contributed by atoms with Crippen LogP contribution in [0, 0.1) is 22.3 Å². The molecule has 1 atom stereocenters. The van der Waals surface area contributed by atoms with Crippen LogP contribution >= 0.6 is 22.6 Å². The number of nitrogens with zero attached hydrogens (tertiary/aromatic N) is 3. The van der Waals surface area contributed by atoms with E-state index < -0.39 is 11.5 Å². The lowest BCUT2D eigenvalue weighted by molar-refractivity contribution is -0.126. The third-order valence-corrected chi connectivity index (χ3v) is 8.17. The van der Waals surface area contributed by atoms with Crippen LogP contribution in [-0.2, 0) is 22.5 Å². The summed E-state index contributed by atoms with van der Waals surface area (Å²) in [6.07, 6.45) is 4.17. The van der Waals surface area contributed by atoms with Crippen molar-refractivity contribution in [1.82, 2.24) is 14.5 Å². The lowest BCUT2D eigenvalue weighted by Gasteiger charge is -2.34. The zero-order chi connectivity index (χ0) is 29.7. The molecule has 0 saturated carbocycles. The van der Waals surface area contributed by atoms with Gasteiger partial charge in [0.25, 0.3) is 5.56 Å². The molecule has 1 saturated heterocycles. The monoisotopic (exact) mass is 669 g/mol. The van der Waals surface area contributed by atoms with Crippen molar-refractivity contribution < 1.29 is 19.1 Å². The van der Waals surface area contributed by atoms with Gasteiger partial charge in [-0.3, -0.25) is 19.4 Å². The average Bonchev–Trinajstić information content (AvgIpc) is 2.93. The maximum atomic E-state index is 14.3. The van der Waals surface area contributed by atoms with Crippen LogP contribution in [0.2, 0.25) is 0 Å². The Hall–Kier alpha value is -3.34. The van der Waals surface area contributed by atoms with Crippen molar-refractivity contribution in [3.05, 3.63) is 97.2 Å². The van der Waals surface area contributed by atoms with Gasteiger partial charge in [0, 0.05) is 46.7 Å². The van der Waals surface area contributed by atoms with Gasteiger partial charge in [0.2, 0.25) is 0 Å². The molecule has 41 heavy (non-hydrogen) atoms. The normalized spacial score (nSPS) is 14.9. The number of likely N-dealkylation sites (tertiary alicyclic amines) is 1. The number of benzene rings is 1. The summed E-state index contributed by atoms with van der Waals surface area (Å²) in [4.78, 5) is 59.6. The van der Waals surface area contributed by atoms with E-state index in [0.29, 0.717) is 40.8 Å². The van der Waals surface area contributed by atoms with E-state index in [9.17, 15) is 19.2 Å². The minimum Gasteiger partial charge on any atom is -0.444 e. The summed E-state index contributed by atoms with van der Waals surface area (Å²) in [7, 11) is 0. The predicted octanol–water partition coefficient (Wildman–Crippen LogP) is 5.46. The van der Waals surface area contributed by atoms with Crippen molar-refractivity contribution in [2.45, 2.75) is 59.1 Å². The van der Waals surface area contributed by atoms with Crippen LogP contribution in [0.15, 0.2) is 65.7 Å². The third-order valence-electron chi connectivity index (χ3n) is 7.32. The molecule has 1 amide bonds. The van der Waals surface area contributed by atoms with Gasteiger partial charge in [-0.15, -0.1) is 0 Å². The molecule has 2 aromatic heterocycles. The van der Waals surface area contributed by atoms with Crippen molar-refractivity contribution >= 4 is 40.3 Å². The second-order valence-corrected chi connectivity index (χ2v) is 12.7. The van der Waals surface area contributed by atoms with Crippen LogP contribution in [0.25, 0.3) is 0 Å². The van der Waals surface area contributed by atoms with Crippen LogP contribution in [0.3, 0.4) is 0 Å². The Morgan fingerprint density at radius 2 is 1.71 bits per heavy atom. The molecule has 3 aromatic rings. The van der Waals surface area contributed by atoms with E-state index in [1.54, 1.807) is 34.9 Å². The predicted molar refractivity (Wildman–Crippen MR) is 165 cm³/mol. The Balaban J connectivity index is 1.62. The number of Topliss-reactive ketones (excluding diaryl/α,β-unsaturated/α-hetero) is 2. The standard InChI is InChI=1S/C32H36IN3O5/c1-21-28(26(33)18-27(37)36(21)20-23-11-8-14-34-19-23)30(39)25(17-22-9-6-5-7-10-22)29(38)24-12-15-35(16-13-24)31(40)41-32(2,3)4/h5-11,14,18-19,24-25H,12-13,15-17,20H2,1-4H3. The Kier molecular flexibility index (Phi) is 9.78. The fourth-order valence-corrected chi connectivity index (χ4v) is 6.12. The average molecular weight is 670 g/mol. The molecule has 0 N–H and O–H groups in total. The zero-order valence-corrected chi connectivity index (χ0v) is 26.1. The molecular formula is C32H36IN3O5. The first-order valence-corrected chi connectivity index (χ1v) is 14.9. The molecule has 9 heteroatoms. The van der Waals surface area contributed by atoms with Crippen LogP contribution in [-0.4, -0.2) is 50.8 Å². The quantitative estimate of drug-likeness (QED) is 0.180. The number of rotatable bonds is 8. The smallest absolute Gasteiger partial charge is 0.410 e. The van der Waals surface area contributed by atoms with Gasteiger partial charge in [0.15, 0.2) is 5.78 Å². The van der Waals surface area contributed by atoms with Gasteiger partial charge in [-0.1, -0.05) is 36.4 Å². The number of piperidine rings is 1. The summed E-state index contributed by atoms with van der Waals surface area (Å²) < 4.78 is 7.60. The molecule has 1 aromatic carbocycles. The van der Waals surface area contributed by atoms with Crippen molar-refractivity contribution in [3.8, 4) is 0 Å². The van der Waals surface area contributed by atoms with Crippen molar-refractivity contribution in [2.24, 2.45) is 11.8 Å². The van der Waals surface area contributed by atoms with E-state index in [2.05, 4.69) is 4.98 Å². The van der Waals surface area contributed by atoms with Crippen molar-refractivity contribution in [3.63, 3.8) is 0 Å². The molecule has 4 rings (SSSR count). The first-order valence-electron chi connectivity index (χ1n) is 13.8. The fourth-order valence-electron chi connectivity index (χ4n) is 5.20. The number of aromatic nitrogens is 2. The van der Waals surface area contributed by atoms with Crippen LogP contribution in [0.1, 0.15) is 60.8 Å². The zero-order valence-electron chi connectivity index (χ0n) is 23.9. The molecule has 0 spiro atoms. The molecule has 1 unspecified atom stereocenters. The van der Waals surface area contributed by atoms with Gasteiger partial charge in [-0.2, -0.15) is 0 Å². The number of halogens is 1. The molecule has 1 fully saturated rings. The lowest BCUT2D eigenvalue weighted by atomic mass is 9.79. The van der Waals surface area contributed by atoms with Gasteiger partial charge in [0.1, 0.15) is 11.4 Å². The highest BCUT2D eigenvalue weighted by Gasteiger charge is 2.37. The summed E-state index contributed by atoms with van der Waals surface area (Å²) in [6, 6.07) is 14.7. The Morgan fingerprint density at radius 3 is 2.32 bits per heavy atom. The number of ketones is 2. The molecule has 3 heterocycles. The SMILES string of the molecule is Cc1c(C(=O)C(Cc2ccccc2)C(=O)C2CCN(C(=O)OC(C)(C)C)CC2)c(I)cc(=O)n1Cc1cccnc1. The van der Waals surface area contributed by atoms with Gasteiger partial charge in [-0.25, -0.2) is 4.79 Å². The summed E-state index contributed by atoms with van der Waals surface area (Å²) in [5.41, 5.74) is 1.84. The van der Waals surface area contributed by atoms with Gasteiger partial charge < -0.3 is 14.2 Å². The number of pyridine rings is 2. The highest BCUT2D eigenvalue weighted by atomic mass is 127. The summed E-state index contributed by atoms with van der Waals surface area (Å²) >= 11 is 2.02. The van der Waals surface area contributed by atoms with E-state index in [1.165, 1.54) is 6.07 Å². The Labute approximate surface area is 254 Å². The molecule has 0 aliphatic carbocycles. The second kappa shape index (κ2) is 13.1. The molecular weight excluding hydrogens is 633 g/mol. The maximum Gasteiger partial charge on any atom is 0.410 e. The van der Waals surface area contributed by atoms with Crippen LogP contribution in [0.5, 0.6) is 0 Å². The first kappa shape index (κ1) is 30.6.